The number of nitrogens with one attached hydrogen (secondary N) is 1. The van der Waals surface area contributed by atoms with Crippen LogP contribution in [0.2, 0.25) is 0 Å². The van der Waals surface area contributed by atoms with Crippen LogP contribution in [0.25, 0.3) is 10.8 Å². The summed E-state index contributed by atoms with van der Waals surface area (Å²) in [7, 11) is 0. The molecular formula is C22H21NO3S. The molecule has 0 saturated carbocycles. The molecule has 138 valence electrons. The molecule has 1 aliphatic heterocycles. The first-order chi connectivity index (χ1) is 13.2. The van der Waals surface area contributed by atoms with E-state index in [1.807, 2.05) is 67.6 Å². The molecule has 0 aromatic heterocycles. The maximum atomic E-state index is 12.7. The quantitative estimate of drug-likeness (QED) is 0.639. The highest BCUT2D eigenvalue weighted by Gasteiger charge is 2.17. The van der Waals surface area contributed by atoms with E-state index in [0.29, 0.717) is 13.2 Å². The molecule has 1 atom stereocenters. The summed E-state index contributed by atoms with van der Waals surface area (Å²) >= 11 is 1.51. The molecule has 4 nitrogen and oxygen atoms in total. The predicted molar refractivity (Wildman–Crippen MR) is 110 cm³/mol. The van der Waals surface area contributed by atoms with Gasteiger partial charge in [-0.25, -0.2) is 0 Å². The fourth-order valence-corrected chi connectivity index (χ4v) is 3.94. The zero-order valence-electron chi connectivity index (χ0n) is 15.1. The van der Waals surface area contributed by atoms with Crippen LogP contribution in [0.4, 0.5) is 5.69 Å². The van der Waals surface area contributed by atoms with Gasteiger partial charge in [-0.15, -0.1) is 11.8 Å². The van der Waals surface area contributed by atoms with Gasteiger partial charge in [-0.2, -0.15) is 0 Å². The second kappa shape index (κ2) is 7.92. The average molecular weight is 379 g/mol. The monoisotopic (exact) mass is 379 g/mol. The minimum atomic E-state index is -0.242. The Morgan fingerprint density at radius 2 is 1.78 bits per heavy atom. The van der Waals surface area contributed by atoms with Crippen molar-refractivity contribution >= 4 is 34.1 Å². The van der Waals surface area contributed by atoms with Gasteiger partial charge in [0.15, 0.2) is 11.5 Å². The highest BCUT2D eigenvalue weighted by atomic mass is 32.2. The number of hydrogen-bond donors (Lipinski definition) is 1. The minimum Gasteiger partial charge on any atom is -0.490 e. The van der Waals surface area contributed by atoms with Crippen molar-refractivity contribution < 1.29 is 14.3 Å². The molecule has 1 unspecified atom stereocenters. The van der Waals surface area contributed by atoms with Crippen LogP contribution in [-0.4, -0.2) is 24.4 Å². The third-order valence-electron chi connectivity index (χ3n) is 4.45. The van der Waals surface area contributed by atoms with Crippen molar-refractivity contribution in [1.82, 2.24) is 0 Å². The van der Waals surface area contributed by atoms with E-state index in [1.54, 1.807) is 0 Å². The van der Waals surface area contributed by atoms with Gasteiger partial charge in [0.25, 0.3) is 0 Å². The highest BCUT2D eigenvalue weighted by Crippen LogP contribution is 2.35. The van der Waals surface area contributed by atoms with Gasteiger partial charge in [0.1, 0.15) is 0 Å². The molecule has 1 amide bonds. The molecule has 27 heavy (non-hydrogen) atoms. The lowest BCUT2D eigenvalue weighted by molar-refractivity contribution is -0.115. The molecule has 1 heterocycles. The maximum Gasteiger partial charge on any atom is 0.237 e. The summed E-state index contributed by atoms with van der Waals surface area (Å²) in [4.78, 5) is 13.7. The number of ether oxygens (including phenoxy) is 2. The Morgan fingerprint density at radius 3 is 2.67 bits per heavy atom. The fraction of sp³-hybridized carbons (Fsp3) is 0.227. The molecule has 0 fully saturated rings. The molecule has 0 bridgehead atoms. The van der Waals surface area contributed by atoms with Crippen LogP contribution in [0.3, 0.4) is 0 Å². The van der Waals surface area contributed by atoms with Crippen molar-refractivity contribution in [3.8, 4) is 11.5 Å². The van der Waals surface area contributed by atoms with Crippen LogP contribution < -0.4 is 14.8 Å². The van der Waals surface area contributed by atoms with Crippen molar-refractivity contribution in [2.75, 3.05) is 18.5 Å². The van der Waals surface area contributed by atoms with Gasteiger partial charge in [0.2, 0.25) is 5.91 Å². The zero-order chi connectivity index (χ0) is 18.6. The van der Waals surface area contributed by atoms with Crippen LogP contribution in [0, 0.1) is 0 Å². The number of fused-ring (bicyclic) bond motifs is 2. The van der Waals surface area contributed by atoms with E-state index in [2.05, 4.69) is 5.32 Å². The van der Waals surface area contributed by atoms with Crippen molar-refractivity contribution in [3.05, 3.63) is 60.7 Å². The van der Waals surface area contributed by atoms with Crippen molar-refractivity contribution in [3.63, 3.8) is 0 Å². The first kappa shape index (κ1) is 17.7. The highest BCUT2D eigenvalue weighted by molar-refractivity contribution is 8.00. The van der Waals surface area contributed by atoms with E-state index < -0.39 is 0 Å². The van der Waals surface area contributed by atoms with Crippen molar-refractivity contribution in [2.45, 2.75) is 23.5 Å². The number of benzene rings is 3. The molecule has 1 N–H and O–H groups in total. The van der Waals surface area contributed by atoms with Gasteiger partial charge in [-0.05, 0) is 36.6 Å². The topological polar surface area (TPSA) is 47.6 Å². The Kier molecular flexibility index (Phi) is 5.21. The van der Waals surface area contributed by atoms with Gasteiger partial charge < -0.3 is 14.8 Å². The summed E-state index contributed by atoms with van der Waals surface area (Å²) < 4.78 is 11.4. The van der Waals surface area contributed by atoms with Gasteiger partial charge in [0.05, 0.1) is 18.5 Å². The summed E-state index contributed by atoms with van der Waals surface area (Å²) in [6.45, 7) is 3.23. The summed E-state index contributed by atoms with van der Waals surface area (Å²) in [5.41, 5.74) is 0.837. The molecular weight excluding hydrogens is 358 g/mol. The number of amides is 1. The standard InChI is InChI=1S/C22H21NO3S/c1-15(27-17-10-11-20-21(14-17)26-13-5-12-25-20)22(24)23-19-9-4-7-16-6-2-3-8-18(16)19/h2-4,6-11,14-15H,5,12-13H2,1H3,(H,23,24). The van der Waals surface area contributed by atoms with E-state index in [4.69, 9.17) is 9.47 Å². The third kappa shape index (κ3) is 4.03. The summed E-state index contributed by atoms with van der Waals surface area (Å²) in [5.74, 6) is 1.49. The van der Waals surface area contributed by atoms with Gasteiger partial charge >= 0.3 is 0 Å². The molecule has 4 rings (SSSR count). The lowest BCUT2D eigenvalue weighted by Crippen LogP contribution is -2.22. The number of carbonyl (C=O) groups excluding carboxylic acids is 1. The normalized spacial score (nSPS) is 14.4. The number of thioether (sulfide) groups is 1. The summed E-state index contributed by atoms with van der Waals surface area (Å²) in [5, 5.41) is 4.97. The molecule has 0 saturated heterocycles. The van der Waals surface area contributed by atoms with Crippen molar-refractivity contribution in [2.24, 2.45) is 0 Å². The average Bonchev–Trinajstić information content (AvgIpc) is 2.93. The molecule has 3 aromatic carbocycles. The Morgan fingerprint density at radius 1 is 1.00 bits per heavy atom. The smallest absolute Gasteiger partial charge is 0.237 e. The van der Waals surface area contributed by atoms with Gasteiger partial charge in [0, 0.05) is 22.4 Å². The summed E-state index contributed by atoms with van der Waals surface area (Å²) in [6.07, 6.45) is 0.876. The molecule has 3 aromatic rings. The Balaban J connectivity index is 1.47. The first-order valence-electron chi connectivity index (χ1n) is 9.05. The Labute approximate surface area is 162 Å². The first-order valence-corrected chi connectivity index (χ1v) is 9.93. The largest absolute Gasteiger partial charge is 0.490 e. The summed E-state index contributed by atoms with van der Waals surface area (Å²) in [6, 6.07) is 19.8. The zero-order valence-corrected chi connectivity index (χ0v) is 15.9. The SMILES string of the molecule is CC(Sc1ccc2c(c1)OCCCO2)C(=O)Nc1cccc2ccccc12. The molecule has 0 spiro atoms. The number of carbonyl (C=O) groups is 1. The molecule has 0 aliphatic carbocycles. The minimum absolute atomic E-state index is 0.0246. The second-order valence-electron chi connectivity index (χ2n) is 6.44. The van der Waals surface area contributed by atoms with Crippen molar-refractivity contribution in [1.29, 1.82) is 0 Å². The second-order valence-corrected chi connectivity index (χ2v) is 7.85. The Bertz CT molecular complexity index is 967. The lowest BCUT2D eigenvalue weighted by atomic mass is 10.1. The van der Waals surface area contributed by atoms with Crippen LogP contribution in [0.15, 0.2) is 65.6 Å². The molecule has 0 radical (unpaired) electrons. The third-order valence-corrected chi connectivity index (χ3v) is 5.54. The molecule has 5 heteroatoms. The lowest BCUT2D eigenvalue weighted by Gasteiger charge is -2.15. The maximum absolute atomic E-state index is 12.7. The number of hydrogen-bond acceptors (Lipinski definition) is 4. The van der Waals surface area contributed by atoms with Gasteiger partial charge in [-0.3, -0.25) is 4.79 Å². The van der Waals surface area contributed by atoms with Crippen LogP contribution in [0.1, 0.15) is 13.3 Å². The predicted octanol–water partition coefficient (Wildman–Crippen LogP) is 5.12. The molecule has 1 aliphatic rings. The number of anilines is 1. The Hall–Kier alpha value is -2.66. The van der Waals surface area contributed by atoms with E-state index in [0.717, 1.165) is 39.3 Å². The van der Waals surface area contributed by atoms with Crippen LogP contribution >= 0.6 is 11.8 Å². The van der Waals surface area contributed by atoms with Crippen LogP contribution in [0.5, 0.6) is 11.5 Å². The van der Waals surface area contributed by atoms with Crippen LogP contribution in [-0.2, 0) is 4.79 Å². The number of rotatable bonds is 4. The van der Waals surface area contributed by atoms with E-state index in [1.165, 1.54) is 11.8 Å². The van der Waals surface area contributed by atoms with Gasteiger partial charge in [-0.1, -0.05) is 36.4 Å². The van der Waals surface area contributed by atoms with E-state index >= 15 is 0 Å². The van der Waals surface area contributed by atoms with E-state index in [9.17, 15) is 4.79 Å². The van der Waals surface area contributed by atoms with E-state index in [-0.39, 0.29) is 11.2 Å². The fourth-order valence-electron chi connectivity index (χ4n) is 3.04.